The third-order valence-corrected chi connectivity index (χ3v) is 4.35. The summed E-state index contributed by atoms with van der Waals surface area (Å²) in [4.78, 5) is 22.2. The third-order valence-electron chi connectivity index (χ3n) is 4.35. The van der Waals surface area contributed by atoms with Crippen LogP contribution < -0.4 is 4.74 Å². The quantitative estimate of drug-likeness (QED) is 0.542. The Morgan fingerprint density at radius 1 is 1.00 bits per heavy atom. The van der Waals surface area contributed by atoms with Gasteiger partial charge in [0.2, 0.25) is 5.88 Å². The van der Waals surface area contributed by atoms with Crippen molar-refractivity contribution in [3.05, 3.63) is 60.6 Å². The fourth-order valence-corrected chi connectivity index (χ4v) is 2.93. The molecule has 27 heavy (non-hydrogen) atoms. The zero-order valence-electron chi connectivity index (χ0n) is 15.5. The molecular weight excluding hydrogens is 340 g/mol. The zero-order chi connectivity index (χ0) is 18.8. The van der Waals surface area contributed by atoms with Crippen LogP contribution in [0.5, 0.6) is 5.88 Å². The minimum absolute atomic E-state index is 0.346. The van der Waals surface area contributed by atoms with Crippen molar-refractivity contribution in [2.45, 2.75) is 26.3 Å². The SMILES string of the molecule is COc1ccc(-c2nccc(Cc3cc4c(cn3)ncn4C(C)C)n2)cn1. The minimum atomic E-state index is 0.346. The summed E-state index contributed by atoms with van der Waals surface area (Å²) in [6.07, 6.45) is 7.78. The first-order valence-electron chi connectivity index (χ1n) is 8.78. The van der Waals surface area contributed by atoms with Gasteiger partial charge in [-0.2, -0.15) is 0 Å². The van der Waals surface area contributed by atoms with Gasteiger partial charge in [0.25, 0.3) is 0 Å². The molecule has 0 radical (unpaired) electrons. The van der Waals surface area contributed by atoms with Crippen LogP contribution in [0.15, 0.2) is 49.2 Å². The predicted octanol–water partition coefficient (Wildman–Crippen LogP) is 3.46. The summed E-state index contributed by atoms with van der Waals surface area (Å²) in [5.74, 6) is 1.20. The number of imidazole rings is 1. The molecule has 7 nitrogen and oxygen atoms in total. The Hall–Kier alpha value is -3.35. The molecule has 0 atom stereocenters. The summed E-state index contributed by atoms with van der Waals surface area (Å²) in [5, 5.41) is 0. The van der Waals surface area contributed by atoms with E-state index in [0.717, 1.165) is 28.0 Å². The lowest BCUT2D eigenvalue weighted by atomic mass is 10.2. The van der Waals surface area contributed by atoms with E-state index in [2.05, 4.69) is 49.4 Å². The van der Waals surface area contributed by atoms with E-state index in [9.17, 15) is 0 Å². The van der Waals surface area contributed by atoms with Gasteiger partial charge in [0.15, 0.2) is 5.82 Å². The van der Waals surface area contributed by atoms with Crippen LogP contribution in [0, 0.1) is 0 Å². The molecule has 0 aromatic carbocycles. The first-order valence-corrected chi connectivity index (χ1v) is 8.78. The maximum Gasteiger partial charge on any atom is 0.212 e. The van der Waals surface area contributed by atoms with E-state index in [1.54, 1.807) is 25.6 Å². The second-order valence-electron chi connectivity index (χ2n) is 6.55. The predicted molar refractivity (Wildman–Crippen MR) is 103 cm³/mol. The van der Waals surface area contributed by atoms with Crippen LogP contribution in [-0.4, -0.2) is 36.6 Å². The van der Waals surface area contributed by atoms with Crippen molar-refractivity contribution < 1.29 is 4.74 Å². The van der Waals surface area contributed by atoms with Crippen LogP contribution >= 0.6 is 0 Å². The normalized spacial score (nSPS) is 11.3. The van der Waals surface area contributed by atoms with Crippen LogP contribution in [0.25, 0.3) is 22.4 Å². The van der Waals surface area contributed by atoms with Crippen LogP contribution in [0.4, 0.5) is 0 Å². The Bertz CT molecular complexity index is 1070. The lowest BCUT2D eigenvalue weighted by Gasteiger charge is -2.09. The van der Waals surface area contributed by atoms with Crippen LogP contribution in [0.3, 0.4) is 0 Å². The average Bonchev–Trinajstić information content (AvgIpc) is 3.12. The molecule has 0 bridgehead atoms. The van der Waals surface area contributed by atoms with Crippen LogP contribution in [0.2, 0.25) is 0 Å². The summed E-state index contributed by atoms with van der Waals surface area (Å²) in [5.41, 5.74) is 4.68. The fourth-order valence-electron chi connectivity index (χ4n) is 2.93. The Kier molecular flexibility index (Phi) is 4.50. The van der Waals surface area contributed by atoms with E-state index in [1.165, 1.54) is 0 Å². The number of pyridine rings is 2. The highest BCUT2D eigenvalue weighted by atomic mass is 16.5. The van der Waals surface area contributed by atoms with E-state index < -0.39 is 0 Å². The van der Waals surface area contributed by atoms with Crippen molar-refractivity contribution in [3.63, 3.8) is 0 Å². The van der Waals surface area contributed by atoms with Gasteiger partial charge in [-0.1, -0.05) is 0 Å². The van der Waals surface area contributed by atoms with Crippen molar-refractivity contribution >= 4 is 11.0 Å². The standard InChI is InChI=1S/C20H20N6O/c1-13(2)26-12-24-17-11-22-16(9-18(17)26)8-15-6-7-21-20(25-15)14-4-5-19(27-3)23-10-14/h4-7,9-13H,8H2,1-3H3. The van der Waals surface area contributed by atoms with E-state index in [0.29, 0.717) is 24.2 Å². The number of aromatic nitrogens is 6. The number of rotatable bonds is 5. The summed E-state index contributed by atoms with van der Waals surface area (Å²) >= 11 is 0. The molecule has 4 aromatic rings. The van der Waals surface area contributed by atoms with Crippen LogP contribution in [-0.2, 0) is 6.42 Å². The highest BCUT2D eigenvalue weighted by molar-refractivity contribution is 5.74. The monoisotopic (exact) mass is 360 g/mol. The van der Waals surface area contributed by atoms with Gasteiger partial charge < -0.3 is 9.30 Å². The molecule has 4 heterocycles. The van der Waals surface area contributed by atoms with E-state index in [4.69, 9.17) is 4.74 Å². The molecule has 0 aliphatic heterocycles. The van der Waals surface area contributed by atoms with Gasteiger partial charge in [-0.25, -0.2) is 19.9 Å². The lowest BCUT2D eigenvalue weighted by Crippen LogP contribution is -2.01. The van der Waals surface area contributed by atoms with Crippen molar-refractivity contribution in [3.8, 4) is 17.3 Å². The molecule has 4 aromatic heterocycles. The zero-order valence-corrected chi connectivity index (χ0v) is 15.5. The molecule has 0 N–H and O–H groups in total. The molecule has 136 valence electrons. The molecule has 0 amide bonds. The number of nitrogens with zero attached hydrogens (tertiary/aromatic N) is 6. The number of ether oxygens (including phenoxy) is 1. The van der Waals surface area contributed by atoms with Crippen molar-refractivity contribution in [2.75, 3.05) is 7.11 Å². The average molecular weight is 360 g/mol. The first kappa shape index (κ1) is 17.1. The Morgan fingerprint density at radius 2 is 1.89 bits per heavy atom. The number of hydrogen-bond acceptors (Lipinski definition) is 6. The lowest BCUT2D eigenvalue weighted by molar-refractivity contribution is 0.398. The molecule has 0 fully saturated rings. The van der Waals surface area contributed by atoms with Crippen molar-refractivity contribution in [1.82, 2.24) is 29.5 Å². The second kappa shape index (κ2) is 7.11. The van der Waals surface area contributed by atoms with E-state index in [1.807, 2.05) is 24.7 Å². The van der Waals surface area contributed by atoms with E-state index in [-0.39, 0.29) is 0 Å². The number of hydrogen-bond donors (Lipinski definition) is 0. The molecule has 0 unspecified atom stereocenters. The van der Waals surface area contributed by atoms with Crippen molar-refractivity contribution in [1.29, 1.82) is 0 Å². The molecule has 4 rings (SSSR count). The Balaban J connectivity index is 1.62. The molecular formula is C20H20N6O. The van der Waals surface area contributed by atoms with Crippen molar-refractivity contribution in [2.24, 2.45) is 0 Å². The van der Waals surface area contributed by atoms with Gasteiger partial charge in [0, 0.05) is 42.2 Å². The third kappa shape index (κ3) is 3.48. The molecule has 0 saturated carbocycles. The second-order valence-corrected chi connectivity index (χ2v) is 6.55. The smallest absolute Gasteiger partial charge is 0.212 e. The molecule has 0 aliphatic carbocycles. The molecule has 0 spiro atoms. The largest absolute Gasteiger partial charge is 0.481 e. The number of methoxy groups -OCH3 is 1. The highest BCUT2D eigenvalue weighted by Crippen LogP contribution is 2.20. The highest BCUT2D eigenvalue weighted by Gasteiger charge is 2.09. The van der Waals surface area contributed by atoms with Gasteiger partial charge in [-0.15, -0.1) is 0 Å². The fraction of sp³-hybridized carbons (Fsp3) is 0.250. The molecule has 0 saturated heterocycles. The Labute approximate surface area is 157 Å². The first-order chi connectivity index (χ1) is 13.1. The van der Waals surface area contributed by atoms with Gasteiger partial charge in [-0.3, -0.25) is 4.98 Å². The summed E-state index contributed by atoms with van der Waals surface area (Å²) in [6.45, 7) is 4.28. The summed E-state index contributed by atoms with van der Waals surface area (Å²) < 4.78 is 7.24. The topological polar surface area (TPSA) is 78.6 Å². The van der Waals surface area contributed by atoms with Gasteiger partial charge in [0.1, 0.15) is 5.52 Å². The van der Waals surface area contributed by atoms with Gasteiger partial charge >= 0.3 is 0 Å². The maximum absolute atomic E-state index is 5.10. The summed E-state index contributed by atoms with van der Waals surface area (Å²) in [7, 11) is 1.59. The number of fused-ring (bicyclic) bond motifs is 1. The van der Waals surface area contributed by atoms with E-state index >= 15 is 0 Å². The van der Waals surface area contributed by atoms with Crippen LogP contribution in [0.1, 0.15) is 31.3 Å². The maximum atomic E-state index is 5.10. The van der Waals surface area contributed by atoms with Gasteiger partial charge in [-0.05, 0) is 32.0 Å². The summed E-state index contributed by atoms with van der Waals surface area (Å²) in [6, 6.07) is 8.04. The van der Waals surface area contributed by atoms with Gasteiger partial charge in [0.05, 0.1) is 30.8 Å². The molecule has 0 aliphatic rings. The Morgan fingerprint density at radius 3 is 2.63 bits per heavy atom. The molecule has 7 heteroatoms. The minimum Gasteiger partial charge on any atom is -0.481 e.